The molecule has 5 heteroatoms. The Kier molecular flexibility index (Phi) is 3.56. The van der Waals surface area contributed by atoms with Crippen molar-refractivity contribution in [1.82, 2.24) is 10.1 Å². The maximum atomic E-state index is 6.00. The molecule has 0 spiro atoms. The molecule has 0 amide bonds. The Morgan fingerprint density at radius 1 is 1.56 bits per heavy atom. The molecular weight excluding hydrogens is 206 g/mol. The van der Waals surface area contributed by atoms with Gasteiger partial charge in [-0.2, -0.15) is 4.98 Å². The molecular formula is C11H19N3O2. The van der Waals surface area contributed by atoms with Crippen molar-refractivity contribution in [2.75, 3.05) is 6.61 Å². The van der Waals surface area contributed by atoms with Crippen molar-refractivity contribution in [1.29, 1.82) is 0 Å². The standard InChI is InChI=1S/C11H19N3O2/c1-3-15-7(2)10-13-11(16-14-10)8-5-4-6-9(8)12/h7-9H,3-6,12H2,1-2H3. The lowest BCUT2D eigenvalue weighted by Crippen LogP contribution is -2.23. The van der Waals surface area contributed by atoms with Gasteiger partial charge in [0, 0.05) is 12.6 Å². The first-order valence-corrected chi connectivity index (χ1v) is 5.93. The van der Waals surface area contributed by atoms with Gasteiger partial charge in [0.15, 0.2) is 5.82 Å². The van der Waals surface area contributed by atoms with Crippen LogP contribution in [0.15, 0.2) is 4.52 Å². The van der Waals surface area contributed by atoms with E-state index in [2.05, 4.69) is 10.1 Å². The molecule has 1 aliphatic rings. The third kappa shape index (κ3) is 2.25. The fourth-order valence-electron chi connectivity index (χ4n) is 2.18. The third-order valence-electron chi connectivity index (χ3n) is 3.12. The van der Waals surface area contributed by atoms with Crippen LogP contribution in [0.1, 0.15) is 56.8 Å². The summed E-state index contributed by atoms with van der Waals surface area (Å²) in [6.45, 7) is 4.52. The fourth-order valence-corrected chi connectivity index (χ4v) is 2.18. The van der Waals surface area contributed by atoms with Crippen molar-refractivity contribution in [2.24, 2.45) is 5.73 Å². The van der Waals surface area contributed by atoms with Crippen molar-refractivity contribution in [3.63, 3.8) is 0 Å². The molecule has 1 aliphatic carbocycles. The van der Waals surface area contributed by atoms with Crippen molar-refractivity contribution in [2.45, 2.75) is 51.2 Å². The highest BCUT2D eigenvalue weighted by atomic mass is 16.5. The van der Waals surface area contributed by atoms with E-state index >= 15 is 0 Å². The zero-order valence-corrected chi connectivity index (χ0v) is 9.85. The average Bonchev–Trinajstić information content (AvgIpc) is 2.86. The molecule has 5 nitrogen and oxygen atoms in total. The van der Waals surface area contributed by atoms with Gasteiger partial charge >= 0.3 is 0 Å². The molecule has 3 unspecified atom stereocenters. The Labute approximate surface area is 95.3 Å². The summed E-state index contributed by atoms with van der Waals surface area (Å²) >= 11 is 0. The van der Waals surface area contributed by atoms with E-state index in [0.717, 1.165) is 19.3 Å². The highest BCUT2D eigenvalue weighted by Crippen LogP contribution is 2.32. The smallest absolute Gasteiger partial charge is 0.231 e. The fraction of sp³-hybridized carbons (Fsp3) is 0.818. The van der Waals surface area contributed by atoms with Gasteiger partial charge in [0.2, 0.25) is 5.89 Å². The quantitative estimate of drug-likeness (QED) is 0.845. The number of rotatable bonds is 4. The van der Waals surface area contributed by atoms with Gasteiger partial charge in [0.25, 0.3) is 0 Å². The summed E-state index contributed by atoms with van der Waals surface area (Å²) in [7, 11) is 0. The Morgan fingerprint density at radius 3 is 3.00 bits per heavy atom. The number of ether oxygens (including phenoxy) is 1. The second kappa shape index (κ2) is 4.93. The lowest BCUT2D eigenvalue weighted by molar-refractivity contribution is 0.0683. The lowest BCUT2D eigenvalue weighted by Gasteiger charge is -2.09. The molecule has 0 radical (unpaired) electrons. The molecule has 1 aromatic heterocycles. The summed E-state index contributed by atoms with van der Waals surface area (Å²) in [5.74, 6) is 1.53. The van der Waals surface area contributed by atoms with Crippen molar-refractivity contribution >= 4 is 0 Å². The molecule has 2 rings (SSSR count). The first-order chi connectivity index (χ1) is 7.72. The third-order valence-corrected chi connectivity index (χ3v) is 3.12. The molecule has 3 atom stereocenters. The van der Waals surface area contributed by atoms with Crippen LogP contribution in [0.4, 0.5) is 0 Å². The van der Waals surface area contributed by atoms with Crippen LogP contribution < -0.4 is 5.73 Å². The van der Waals surface area contributed by atoms with Crippen LogP contribution in [0.5, 0.6) is 0 Å². The van der Waals surface area contributed by atoms with Crippen molar-refractivity contribution in [3.05, 3.63) is 11.7 Å². The van der Waals surface area contributed by atoms with Gasteiger partial charge in [-0.1, -0.05) is 11.6 Å². The van der Waals surface area contributed by atoms with Crippen LogP contribution in [-0.4, -0.2) is 22.8 Å². The minimum Gasteiger partial charge on any atom is -0.371 e. The minimum absolute atomic E-state index is 0.111. The summed E-state index contributed by atoms with van der Waals surface area (Å²) in [5.41, 5.74) is 6.00. The predicted molar refractivity (Wildman–Crippen MR) is 58.9 cm³/mol. The maximum Gasteiger partial charge on any atom is 0.231 e. The predicted octanol–water partition coefficient (Wildman–Crippen LogP) is 1.76. The van der Waals surface area contributed by atoms with E-state index in [0.29, 0.717) is 18.3 Å². The molecule has 1 fully saturated rings. The van der Waals surface area contributed by atoms with E-state index in [1.165, 1.54) is 0 Å². The average molecular weight is 225 g/mol. The second-order valence-electron chi connectivity index (χ2n) is 4.29. The first kappa shape index (κ1) is 11.5. The van der Waals surface area contributed by atoms with Crippen LogP contribution in [0.3, 0.4) is 0 Å². The molecule has 1 heterocycles. The summed E-state index contributed by atoms with van der Waals surface area (Å²) in [6.07, 6.45) is 3.12. The largest absolute Gasteiger partial charge is 0.371 e. The van der Waals surface area contributed by atoms with E-state index in [4.69, 9.17) is 15.0 Å². The van der Waals surface area contributed by atoms with Gasteiger partial charge < -0.3 is 15.0 Å². The molecule has 1 aromatic rings. The Bertz CT molecular complexity index is 340. The summed E-state index contributed by atoms with van der Waals surface area (Å²) in [6, 6.07) is 0.163. The van der Waals surface area contributed by atoms with Crippen molar-refractivity contribution in [3.8, 4) is 0 Å². The van der Waals surface area contributed by atoms with Gasteiger partial charge in [0.05, 0.1) is 5.92 Å². The van der Waals surface area contributed by atoms with Gasteiger partial charge in [-0.3, -0.25) is 0 Å². The van der Waals surface area contributed by atoms with E-state index in [9.17, 15) is 0 Å². The monoisotopic (exact) mass is 225 g/mol. The summed E-state index contributed by atoms with van der Waals surface area (Å²) < 4.78 is 10.7. The number of nitrogens with zero attached hydrogens (tertiary/aromatic N) is 2. The summed E-state index contributed by atoms with van der Waals surface area (Å²) in [5, 5.41) is 3.95. The second-order valence-corrected chi connectivity index (χ2v) is 4.29. The van der Waals surface area contributed by atoms with Crippen LogP contribution in [-0.2, 0) is 4.74 Å². The molecule has 1 saturated carbocycles. The molecule has 0 saturated heterocycles. The van der Waals surface area contributed by atoms with Crippen LogP contribution in [0.25, 0.3) is 0 Å². The lowest BCUT2D eigenvalue weighted by atomic mass is 10.1. The zero-order valence-electron chi connectivity index (χ0n) is 9.85. The maximum absolute atomic E-state index is 6.00. The SMILES string of the molecule is CCOC(C)c1noc(C2CCCC2N)n1. The molecule has 0 bridgehead atoms. The van der Waals surface area contributed by atoms with Crippen molar-refractivity contribution < 1.29 is 9.26 Å². The molecule has 2 N–H and O–H groups in total. The highest BCUT2D eigenvalue weighted by Gasteiger charge is 2.30. The Morgan fingerprint density at radius 2 is 2.38 bits per heavy atom. The highest BCUT2D eigenvalue weighted by molar-refractivity contribution is 5.02. The van der Waals surface area contributed by atoms with E-state index in [1.807, 2.05) is 13.8 Å². The van der Waals surface area contributed by atoms with E-state index in [-0.39, 0.29) is 18.1 Å². The molecule has 0 aliphatic heterocycles. The number of aromatic nitrogens is 2. The molecule has 0 aromatic carbocycles. The molecule has 16 heavy (non-hydrogen) atoms. The number of hydrogen-bond acceptors (Lipinski definition) is 5. The van der Waals surface area contributed by atoms with Crippen LogP contribution in [0.2, 0.25) is 0 Å². The van der Waals surface area contributed by atoms with Gasteiger partial charge in [-0.15, -0.1) is 0 Å². The molecule has 90 valence electrons. The van der Waals surface area contributed by atoms with Gasteiger partial charge in [-0.25, -0.2) is 0 Å². The topological polar surface area (TPSA) is 74.2 Å². The first-order valence-electron chi connectivity index (χ1n) is 5.93. The minimum atomic E-state index is -0.111. The van der Waals surface area contributed by atoms with Gasteiger partial charge in [0.1, 0.15) is 6.10 Å². The van der Waals surface area contributed by atoms with Crippen LogP contribution >= 0.6 is 0 Å². The Balaban J connectivity index is 2.06. The van der Waals surface area contributed by atoms with Crippen LogP contribution in [0, 0.1) is 0 Å². The Hall–Kier alpha value is -0.940. The number of hydrogen-bond donors (Lipinski definition) is 1. The van der Waals surface area contributed by atoms with E-state index in [1.54, 1.807) is 0 Å². The zero-order chi connectivity index (χ0) is 11.5. The van der Waals surface area contributed by atoms with Gasteiger partial charge in [-0.05, 0) is 26.7 Å². The van der Waals surface area contributed by atoms with E-state index < -0.39 is 0 Å². The normalized spacial score (nSPS) is 27.2. The summed E-state index contributed by atoms with van der Waals surface area (Å²) in [4.78, 5) is 4.38. The number of nitrogens with two attached hydrogens (primary N) is 1.